The standard InChI is InChI=1S/C9H9N3O/c10-7-3-1-4-8(11-7)12-6-2-5-9(12)13/h1-4,6H,5H2,(H2,10,11). The zero-order valence-electron chi connectivity index (χ0n) is 6.97. The summed E-state index contributed by atoms with van der Waals surface area (Å²) in [6, 6.07) is 5.22. The van der Waals surface area contributed by atoms with Gasteiger partial charge in [0, 0.05) is 12.6 Å². The van der Waals surface area contributed by atoms with Gasteiger partial charge < -0.3 is 5.73 Å². The van der Waals surface area contributed by atoms with Gasteiger partial charge in [-0.1, -0.05) is 12.1 Å². The molecule has 2 rings (SSSR count). The Morgan fingerprint density at radius 1 is 1.46 bits per heavy atom. The van der Waals surface area contributed by atoms with Crippen molar-refractivity contribution >= 4 is 17.5 Å². The molecule has 1 aliphatic rings. The van der Waals surface area contributed by atoms with Gasteiger partial charge in [-0.2, -0.15) is 0 Å². The number of hydrogen-bond donors (Lipinski definition) is 1. The number of rotatable bonds is 1. The zero-order chi connectivity index (χ0) is 9.26. The molecule has 0 atom stereocenters. The molecule has 0 radical (unpaired) electrons. The van der Waals surface area contributed by atoms with Gasteiger partial charge in [-0.15, -0.1) is 0 Å². The Labute approximate surface area is 75.7 Å². The Morgan fingerprint density at radius 2 is 2.31 bits per heavy atom. The summed E-state index contributed by atoms with van der Waals surface area (Å²) in [6.45, 7) is 0. The minimum Gasteiger partial charge on any atom is -0.384 e. The Balaban J connectivity index is 2.35. The molecule has 0 unspecified atom stereocenters. The van der Waals surface area contributed by atoms with E-state index in [1.165, 1.54) is 4.90 Å². The highest BCUT2D eigenvalue weighted by Crippen LogP contribution is 2.17. The molecule has 1 aromatic heterocycles. The van der Waals surface area contributed by atoms with Gasteiger partial charge in [0.25, 0.3) is 0 Å². The first kappa shape index (κ1) is 7.79. The van der Waals surface area contributed by atoms with E-state index in [-0.39, 0.29) is 5.91 Å². The molecule has 2 heterocycles. The summed E-state index contributed by atoms with van der Waals surface area (Å²) in [7, 11) is 0. The van der Waals surface area contributed by atoms with E-state index >= 15 is 0 Å². The lowest BCUT2D eigenvalue weighted by atomic mass is 10.4. The SMILES string of the molecule is Nc1cccc(N2C=CCC2=O)n1. The average Bonchev–Trinajstić information content (AvgIpc) is 2.51. The van der Waals surface area contributed by atoms with Crippen molar-refractivity contribution in [3.8, 4) is 0 Å². The molecule has 1 aromatic rings. The topological polar surface area (TPSA) is 59.2 Å². The molecule has 66 valence electrons. The van der Waals surface area contributed by atoms with Gasteiger partial charge in [-0.3, -0.25) is 9.69 Å². The van der Waals surface area contributed by atoms with E-state index in [9.17, 15) is 4.79 Å². The van der Waals surface area contributed by atoms with E-state index in [2.05, 4.69) is 4.98 Å². The number of nitrogens with zero attached hydrogens (tertiary/aromatic N) is 2. The molecule has 0 bridgehead atoms. The van der Waals surface area contributed by atoms with Gasteiger partial charge in [0.1, 0.15) is 11.6 Å². The predicted octanol–water partition coefficient (Wildman–Crippen LogP) is 0.914. The van der Waals surface area contributed by atoms with Crippen LogP contribution >= 0.6 is 0 Å². The number of carbonyl (C=O) groups excluding carboxylic acids is 1. The Morgan fingerprint density at radius 3 is 2.92 bits per heavy atom. The fraction of sp³-hybridized carbons (Fsp3) is 0.111. The summed E-state index contributed by atoms with van der Waals surface area (Å²) < 4.78 is 0. The van der Waals surface area contributed by atoms with Gasteiger partial charge in [0.2, 0.25) is 5.91 Å². The van der Waals surface area contributed by atoms with Crippen molar-refractivity contribution in [2.75, 3.05) is 10.6 Å². The van der Waals surface area contributed by atoms with Crippen molar-refractivity contribution < 1.29 is 4.79 Å². The van der Waals surface area contributed by atoms with Crippen molar-refractivity contribution in [2.24, 2.45) is 0 Å². The van der Waals surface area contributed by atoms with Crippen molar-refractivity contribution in [3.63, 3.8) is 0 Å². The van der Waals surface area contributed by atoms with Crippen LogP contribution in [0.2, 0.25) is 0 Å². The fourth-order valence-corrected chi connectivity index (χ4v) is 1.22. The highest BCUT2D eigenvalue weighted by Gasteiger charge is 2.17. The number of carbonyl (C=O) groups is 1. The maximum absolute atomic E-state index is 11.3. The third-order valence-electron chi connectivity index (χ3n) is 1.82. The van der Waals surface area contributed by atoms with Gasteiger partial charge in [0.15, 0.2) is 0 Å². The number of nitrogen functional groups attached to an aromatic ring is 1. The maximum atomic E-state index is 11.3. The van der Waals surface area contributed by atoms with Crippen molar-refractivity contribution in [1.82, 2.24) is 4.98 Å². The lowest BCUT2D eigenvalue weighted by Gasteiger charge is -2.11. The van der Waals surface area contributed by atoms with Crippen LogP contribution in [0.5, 0.6) is 0 Å². The summed E-state index contributed by atoms with van der Waals surface area (Å²) in [4.78, 5) is 16.8. The second-order valence-corrected chi connectivity index (χ2v) is 2.77. The summed E-state index contributed by atoms with van der Waals surface area (Å²) >= 11 is 0. The number of amides is 1. The van der Waals surface area contributed by atoms with Crippen molar-refractivity contribution in [3.05, 3.63) is 30.5 Å². The third kappa shape index (κ3) is 1.38. The first-order valence-electron chi connectivity index (χ1n) is 3.98. The van der Waals surface area contributed by atoms with Crippen LogP contribution in [0, 0.1) is 0 Å². The van der Waals surface area contributed by atoms with Crippen molar-refractivity contribution in [2.45, 2.75) is 6.42 Å². The Bertz CT molecular complexity index is 373. The van der Waals surface area contributed by atoms with E-state index in [0.29, 0.717) is 18.1 Å². The number of nitrogens with two attached hydrogens (primary N) is 1. The molecule has 0 saturated heterocycles. The lowest BCUT2D eigenvalue weighted by molar-refractivity contribution is -0.116. The number of anilines is 2. The summed E-state index contributed by atoms with van der Waals surface area (Å²) in [5.74, 6) is 1.03. The molecule has 0 fully saturated rings. The largest absolute Gasteiger partial charge is 0.384 e. The van der Waals surface area contributed by atoms with E-state index in [4.69, 9.17) is 5.73 Å². The van der Waals surface area contributed by atoms with E-state index in [1.54, 1.807) is 30.5 Å². The second-order valence-electron chi connectivity index (χ2n) is 2.77. The van der Waals surface area contributed by atoms with E-state index < -0.39 is 0 Å². The molecule has 0 spiro atoms. The Kier molecular flexibility index (Phi) is 1.73. The van der Waals surface area contributed by atoms with E-state index in [0.717, 1.165) is 0 Å². The van der Waals surface area contributed by atoms with Crippen LogP contribution < -0.4 is 10.6 Å². The van der Waals surface area contributed by atoms with Gasteiger partial charge in [-0.05, 0) is 12.1 Å². The molecule has 1 amide bonds. The number of pyridine rings is 1. The smallest absolute Gasteiger partial charge is 0.236 e. The van der Waals surface area contributed by atoms with Crippen LogP contribution in [-0.4, -0.2) is 10.9 Å². The van der Waals surface area contributed by atoms with Gasteiger partial charge in [-0.25, -0.2) is 4.98 Å². The van der Waals surface area contributed by atoms with Crippen LogP contribution in [0.3, 0.4) is 0 Å². The molecular weight excluding hydrogens is 166 g/mol. The molecular formula is C9H9N3O. The molecule has 2 N–H and O–H groups in total. The first-order chi connectivity index (χ1) is 6.27. The minimum atomic E-state index is 0.0260. The monoisotopic (exact) mass is 175 g/mol. The first-order valence-corrected chi connectivity index (χ1v) is 3.98. The van der Waals surface area contributed by atoms with Crippen LogP contribution in [-0.2, 0) is 4.79 Å². The quantitative estimate of drug-likeness (QED) is 0.690. The Hall–Kier alpha value is -1.84. The highest BCUT2D eigenvalue weighted by molar-refractivity contribution is 5.97. The molecule has 4 nitrogen and oxygen atoms in total. The summed E-state index contributed by atoms with van der Waals surface area (Å²) in [6.07, 6.45) is 3.95. The van der Waals surface area contributed by atoms with Crippen LogP contribution in [0.1, 0.15) is 6.42 Å². The van der Waals surface area contributed by atoms with Gasteiger partial charge >= 0.3 is 0 Å². The molecule has 0 aromatic carbocycles. The van der Waals surface area contributed by atoms with E-state index in [1.807, 2.05) is 0 Å². The number of aromatic nitrogens is 1. The zero-order valence-corrected chi connectivity index (χ0v) is 6.97. The molecule has 0 aliphatic carbocycles. The molecule has 0 saturated carbocycles. The fourth-order valence-electron chi connectivity index (χ4n) is 1.22. The van der Waals surface area contributed by atoms with Gasteiger partial charge in [0.05, 0.1) is 0 Å². The predicted molar refractivity (Wildman–Crippen MR) is 49.9 cm³/mol. The summed E-state index contributed by atoms with van der Waals surface area (Å²) in [5, 5.41) is 0. The van der Waals surface area contributed by atoms with Crippen LogP contribution in [0.4, 0.5) is 11.6 Å². The minimum absolute atomic E-state index is 0.0260. The third-order valence-corrected chi connectivity index (χ3v) is 1.82. The van der Waals surface area contributed by atoms with Crippen LogP contribution in [0.15, 0.2) is 30.5 Å². The normalized spacial score (nSPS) is 15.4. The lowest BCUT2D eigenvalue weighted by Crippen LogP contribution is -2.20. The highest BCUT2D eigenvalue weighted by atomic mass is 16.2. The van der Waals surface area contributed by atoms with Crippen molar-refractivity contribution in [1.29, 1.82) is 0 Å². The van der Waals surface area contributed by atoms with Crippen LogP contribution in [0.25, 0.3) is 0 Å². The summed E-state index contributed by atoms with van der Waals surface area (Å²) in [5.41, 5.74) is 5.50. The number of hydrogen-bond acceptors (Lipinski definition) is 3. The molecule has 1 aliphatic heterocycles. The molecule has 4 heteroatoms. The second kappa shape index (κ2) is 2.90. The molecule has 13 heavy (non-hydrogen) atoms. The maximum Gasteiger partial charge on any atom is 0.236 e. The average molecular weight is 175 g/mol.